The van der Waals surface area contributed by atoms with Gasteiger partial charge in [-0.25, -0.2) is 0 Å². The molecule has 0 spiro atoms. The standard InChI is InChI=1S/C13H14N2O4/c1-7-5-10(18-3)8(2)4-9(7)13-15-14-11(19-13)6-12(16)17/h4-5H,6H2,1-3H3,(H,16,17). The fourth-order valence-corrected chi connectivity index (χ4v) is 1.80. The Labute approximate surface area is 110 Å². The smallest absolute Gasteiger partial charge is 0.312 e. The molecule has 2 rings (SSSR count). The van der Waals surface area contributed by atoms with Crippen LogP contribution in [0.4, 0.5) is 0 Å². The van der Waals surface area contributed by atoms with E-state index < -0.39 is 5.97 Å². The first kappa shape index (κ1) is 13.1. The number of carboxylic acids is 1. The third-order valence-electron chi connectivity index (χ3n) is 2.74. The average molecular weight is 262 g/mol. The fraction of sp³-hybridized carbons (Fsp3) is 0.308. The molecule has 0 saturated heterocycles. The molecule has 1 N–H and O–H groups in total. The van der Waals surface area contributed by atoms with Crippen molar-refractivity contribution in [3.05, 3.63) is 29.2 Å². The van der Waals surface area contributed by atoms with Crippen LogP contribution in [0.5, 0.6) is 5.75 Å². The molecule has 0 radical (unpaired) electrons. The lowest BCUT2D eigenvalue weighted by Crippen LogP contribution is -1.99. The van der Waals surface area contributed by atoms with E-state index in [0.29, 0.717) is 5.89 Å². The van der Waals surface area contributed by atoms with Gasteiger partial charge in [0.05, 0.1) is 7.11 Å². The average Bonchev–Trinajstić information content (AvgIpc) is 2.79. The Kier molecular flexibility index (Phi) is 3.50. The monoisotopic (exact) mass is 262 g/mol. The summed E-state index contributed by atoms with van der Waals surface area (Å²) in [5.74, 6) is 0.194. The lowest BCUT2D eigenvalue weighted by atomic mass is 10.0. The van der Waals surface area contributed by atoms with E-state index in [1.165, 1.54) is 0 Å². The summed E-state index contributed by atoms with van der Waals surface area (Å²) in [5, 5.41) is 16.3. The maximum Gasteiger partial charge on any atom is 0.312 e. The van der Waals surface area contributed by atoms with Crippen LogP contribution >= 0.6 is 0 Å². The summed E-state index contributed by atoms with van der Waals surface area (Å²) in [4.78, 5) is 10.6. The number of methoxy groups -OCH3 is 1. The fourth-order valence-electron chi connectivity index (χ4n) is 1.80. The van der Waals surface area contributed by atoms with Crippen molar-refractivity contribution < 1.29 is 19.1 Å². The molecule has 1 aromatic heterocycles. The summed E-state index contributed by atoms with van der Waals surface area (Å²) in [6.45, 7) is 3.81. The maximum absolute atomic E-state index is 10.6. The Morgan fingerprint density at radius 1 is 1.32 bits per heavy atom. The number of hydrogen-bond donors (Lipinski definition) is 1. The summed E-state index contributed by atoms with van der Waals surface area (Å²) in [5.41, 5.74) is 2.65. The maximum atomic E-state index is 10.6. The molecule has 6 heteroatoms. The van der Waals surface area contributed by atoms with Gasteiger partial charge in [0.2, 0.25) is 11.8 Å². The zero-order valence-corrected chi connectivity index (χ0v) is 10.9. The van der Waals surface area contributed by atoms with Crippen molar-refractivity contribution in [3.63, 3.8) is 0 Å². The molecule has 1 aromatic carbocycles. The van der Waals surface area contributed by atoms with E-state index in [-0.39, 0.29) is 12.3 Å². The first-order chi connectivity index (χ1) is 9.01. The van der Waals surface area contributed by atoms with E-state index in [1.54, 1.807) is 7.11 Å². The molecular formula is C13H14N2O4. The predicted molar refractivity (Wildman–Crippen MR) is 67.1 cm³/mol. The van der Waals surface area contributed by atoms with Gasteiger partial charge in [-0.15, -0.1) is 10.2 Å². The number of carbonyl (C=O) groups is 1. The molecule has 0 aliphatic heterocycles. The molecule has 0 amide bonds. The molecule has 1 heterocycles. The van der Waals surface area contributed by atoms with Crippen LogP contribution in [-0.4, -0.2) is 28.4 Å². The minimum atomic E-state index is -1.00. The van der Waals surface area contributed by atoms with Gasteiger partial charge in [-0.1, -0.05) is 0 Å². The molecule has 0 atom stereocenters. The van der Waals surface area contributed by atoms with Crippen LogP contribution in [0.2, 0.25) is 0 Å². The van der Waals surface area contributed by atoms with E-state index in [0.717, 1.165) is 22.4 Å². The predicted octanol–water partition coefficient (Wildman–Crippen LogP) is 1.99. The van der Waals surface area contributed by atoms with E-state index in [1.807, 2.05) is 26.0 Å². The molecule has 0 saturated carbocycles. The minimum Gasteiger partial charge on any atom is -0.496 e. The van der Waals surface area contributed by atoms with Crippen molar-refractivity contribution in [1.82, 2.24) is 10.2 Å². The Hall–Kier alpha value is -2.37. The van der Waals surface area contributed by atoms with E-state index >= 15 is 0 Å². The van der Waals surface area contributed by atoms with E-state index in [2.05, 4.69) is 10.2 Å². The number of nitrogens with zero attached hydrogens (tertiary/aromatic N) is 2. The number of ether oxygens (including phenoxy) is 1. The summed E-state index contributed by atoms with van der Waals surface area (Å²) in [6, 6.07) is 3.76. The Morgan fingerprint density at radius 2 is 2.05 bits per heavy atom. The van der Waals surface area contributed by atoms with Crippen molar-refractivity contribution >= 4 is 5.97 Å². The zero-order chi connectivity index (χ0) is 14.0. The van der Waals surface area contributed by atoms with Crippen LogP contribution in [0, 0.1) is 13.8 Å². The Bertz CT molecular complexity index is 619. The molecule has 19 heavy (non-hydrogen) atoms. The van der Waals surface area contributed by atoms with Crippen LogP contribution < -0.4 is 4.74 Å². The van der Waals surface area contributed by atoms with Gasteiger partial charge in [0.15, 0.2) is 0 Å². The lowest BCUT2D eigenvalue weighted by Gasteiger charge is -2.08. The number of aryl methyl sites for hydroxylation is 2. The molecule has 6 nitrogen and oxygen atoms in total. The second kappa shape index (κ2) is 5.09. The van der Waals surface area contributed by atoms with Crippen LogP contribution in [0.25, 0.3) is 11.5 Å². The van der Waals surface area contributed by atoms with Gasteiger partial charge in [0.1, 0.15) is 12.2 Å². The van der Waals surface area contributed by atoms with Gasteiger partial charge < -0.3 is 14.3 Å². The summed E-state index contributed by atoms with van der Waals surface area (Å²) in [7, 11) is 1.61. The van der Waals surface area contributed by atoms with Crippen molar-refractivity contribution in [1.29, 1.82) is 0 Å². The molecule has 0 bridgehead atoms. The van der Waals surface area contributed by atoms with E-state index in [9.17, 15) is 4.79 Å². The largest absolute Gasteiger partial charge is 0.496 e. The number of benzene rings is 1. The van der Waals surface area contributed by atoms with Crippen LogP contribution in [0.3, 0.4) is 0 Å². The van der Waals surface area contributed by atoms with Gasteiger partial charge in [0.25, 0.3) is 0 Å². The van der Waals surface area contributed by atoms with Gasteiger partial charge in [-0.2, -0.15) is 0 Å². The molecular weight excluding hydrogens is 248 g/mol. The minimum absolute atomic E-state index is 0.0929. The quantitative estimate of drug-likeness (QED) is 0.906. The van der Waals surface area contributed by atoms with Crippen molar-refractivity contribution in [3.8, 4) is 17.2 Å². The molecule has 100 valence electrons. The highest BCUT2D eigenvalue weighted by atomic mass is 16.5. The number of hydrogen-bond acceptors (Lipinski definition) is 5. The Balaban J connectivity index is 2.39. The SMILES string of the molecule is COc1cc(C)c(-c2nnc(CC(=O)O)o2)cc1C. The first-order valence-corrected chi connectivity index (χ1v) is 5.71. The van der Waals surface area contributed by atoms with Crippen molar-refractivity contribution in [2.24, 2.45) is 0 Å². The number of rotatable bonds is 4. The first-order valence-electron chi connectivity index (χ1n) is 5.71. The highest BCUT2D eigenvalue weighted by Crippen LogP contribution is 2.29. The molecule has 2 aromatic rings. The van der Waals surface area contributed by atoms with E-state index in [4.69, 9.17) is 14.3 Å². The van der Waals surface area contributed by atoms with Crippen LogP contribution in [-0.2, 0) is 11.2 Å². The van der Waals surface area contributed by atoms with Crippen molar-refractivity contribution in [2.75, 3.05) is 7.11 Å². The second-order valence-corrected chi connectivity index (χ2v) is 4.21. The highest BCUT2D eigenvalue weighted by molar-refractivity contribution is 5.69. The molecule has 0 fully saturated rings. The van der Waals surface area contributed by atoms with Gasteiger partial charge in [-0.3, -0.25) is 4.79 Å². The van der Waals surface area contributed by atoms with Gasteiger partial charge in [-0.05, 0) is 37.1 Å². The summed E-state index contributed by atoms with van der Waals surface area (Å²) >= 11 is 0. The van der Waals surface area contributed by atoms with Crippen LogP contribution in [0.1, 0.15) is 17.0 Å². The number of aliphatic carboxylic acids is 1. The summed E-state index contributed by atoms with van der Waals surface area (Å²) < 4.78 is 10.6. The highest BCUT2D eigenvalue weighted by Gasteiger charge is 2.14. The van der Waals surface area contributed by atoms with Crippen LogP contribution in [0.15, 0.2) is 16.5 Å². The van der Waals surface area contributed by atoms with Crippen molar-refractivity contribution in [2.45, 2.75) is 20.3 Å². The molecule has 0 unspecified atom stereocenters. The number of aromatic nitrogens is 2. The summed E-state index contributed by atoms with van der Waals surface area (Å²) in [6.07, 6.45) is -0.277. The lowest BCUT2D eigenvalue weighted by molar-refractivity contribution is -0.136. The molecule has 0 aliphatic rings. The third kappa shape index (κ3) is 2.73. The zero-order valence-electron chi connectivity index (χ0n) is 10.9. The van der Waals surface area contributed by atoms with Gasteiger partial charge in [0, 0.05) is 5.56 Å². The molecule has 0 aliphatic carbocycles. The topological polar surface area (TPSA) is 85.5 Å². The number of carboxylic acid groups (broad SMARTS) is 1. The Morgan fingerprint density at radius 3 is 2.68 bits per heavy atom. The third-order valence-corrected chi connectivity index (χ3v) is 2.74. The normalized spacial score (nSPS) is 10.5. The van der Waals surface area contributed by atoms with Gasteiger partial charge >= 0.3 is 5.97 Å². The second-order valence-electron chi connectivity index (χ2n) is 4.21.